The molecule has 2 amide bonds. The highest BCUT2D eigenvalue weighted by Gasteiger charge is 2.13. The van der Waals surface area contributed by atoms with E-state index in [1.807, 2.05) is 45.8 Å². The zero-order valence-electron chi connectivity index (χ0n) is 13.9. The van der Waals surface area contributed by atoms with Crippen LogP contribution in [0.1, 0.15) is 17.0 Å². The second kappa shape index (κ2) is 6.83. The van der Waals surface area contributed by atoms with E-state index in [0.717, 1.165) is 5.56 Å². The van der Waals surface area contributed by atoms with E-state index in [9.17, 15) is 4.79 Å². The van der Waals surface area contributed by atoms with Crippen molar-refractivity contribution in [1.82, 2.24) is 9.97 Å². The van der Waals surface area contributed by atoms with Gasteiger partial charge in [0.25, 0.3) is 0 Å². The molecule has 2 N–H and O–H groups in total. The molecule has 0 bridgehead atoms. The van der Waals surface area contributed by atoms with Crippen LogP contribution in [-0.4, -0.2) is 30.1 Å². The highest BCUT2D eigenvalue weighted by Crippen LogP contribution is 2.24. The molecular weight excluding hydrogens is 314 g/mol. The van der Waals surface area contributed by atoms with Crippen molar-refractivity contribution in [3.8, 4) is 0 Å². The van der Waals surface area contributed by atoms with Gasteiger partial charge < -0.3 is 15.5 Å². The lowest BCUT2D eigenvalue weighted by atomic mass is 10.2. The van der Waals surface area contributed by atoms with Crippen molar-refractivity contribution >= 4 is 35.0 Å². The van der Waals surface area contributed by atoms with Crippen molar-refractivity contribution in [2.45, 2.75) is 20.8 Å². The van der Waals surface area contributed by atoms with E-state index in [1.165, 1.54) is 0 Å². The lowest BCUT2D eigenvalue weighted by molar-refractivity contribution is 0.262. The number of aryl methyl sites for hydroxylation is 3. The van der Waals surface area contributed by atoms with Crippen LogP contribution < -0.4 is 15.5 Å². The molecule has 23 heavy (non-hydrogen) atoms. The first-order chi connectivity index (χ1) is 10.8. The second-order valence-corrected chi connectivity index (χ2v) is 5.93. The number of hydrogen-bond donors (Lipinski definition) is 2. The number of hydrogen-bond acceptors (Lipinski definition) is 4. The SMILES string of the molecule is Cc1ccc(NC(=O)Nc2c(C)nc(N(C)C)nc2C)c(Cl)c1. The number of benzene rings is 1. The van der Waals surface area contributed by atoms with Crippen LogP contribution in [0.25, 0.3) is 0 Å². The Morgan fingerprint density at radius 3 is 2.22 bits per heavy atom. The van der Waals surface area contributed by atoms with Gasteiger partial charge in [-0.15, -0.1) is 0 Å². The van der Waals surface area contributed by atoms with E-state index in [0.29, 0.717) is 33.7 Å². The molecule has 0 radical (unpaired) electrons. The first-order valence-corrected chi connectivity index (χ1v) is 7.52. The quantitative estimate of drug-likeness (QED) is 0.897. The van der Waals surface area contributed by atoms with Crippen LogP contribution >= 0.6 is 11.6 Å². The van der Waals surface area contributed by atoms with Crippen LogP contribution in [0.15, 0.2) is 18.2 Å². The smallest absolute Gasteiger partial charge is 0.323 e. The molecular formula is C16H20ClN5O. The molecule has 1 aromatic carbocycles. The number of amides is 2. The van der Waals surface area contributed by atoms with E-state index in [1.54, 1.807) is 12.1 Å². The van der Waals surface area contributed by atoms with Crippen LogP contribution in [0.2, 0.25) is 5.02 Å². The number of carbonyl (C=O) groups excluding carboxylic acids is 1. The van der Waals surface area contributed by atoms with Crippen molar-refractivity contribution in [3.63, 3.8) is 0 Å². The summed E-state index contributed by atoms with van der Waals surface area (Å²) in [5, 5.41) is 6.01. The fourth-order valence-electron chi connectivity index (χ4n) is 2.07. The highest BCUT2D eigenvalue weighted by atomic mass is 35.5. The highest BCUT2D eigenvalue weighted by molar-refractivity contribution is 6.33. The summed E-state index contributed by atoms with van der Waals surface area (Å²) in [5.41, 5.74) is 3.57. The Kier molecular flexibility index (Phi) is 5.05. The first kappa shape index (κ1) is 17.0. The van der Waals surface area contributed by atoms with Gasteiger partial charge in [0.1, 0.15) is 0 Å². The van der Waals surface area contributed by atoms with E-state index >= 15 is 0 Å². The Bertz CT molecular complexity index is 722. The summed E-state index contributed by atoms with van der Waals surface area (Å²) in [6.45, 7) is 5.60. The lowest BCUT2D eigenvalue weighted by Crippen LogP contribution is -2.22. The third kappa shape index (κ3) is 4.10. The number of rotatable bonds is 3. The molecule has 0 unspecified atom stereocenters. The molecule has 2 rings (SSSR count). The summed E-state index contributed by atoms with van der Waals surface area (Å²) in [7, 11) is 3.74. The second-order valence-electron chi connectivity index (χ2n) is 5.53. The van der Waals surface area contributed by atoms with Gasteiger partial charge in [-0.3, -0.25) is 0 Å². The number of nitrogens with one attached hydrogen (secondary N) is 2. The van der Waals surface area contributed by atoms with Crippen LogP contribution in [0, 0.1) is 20.8 Å². The number of anilines is 3. The van der Waals surface area contributed by atoms with Crippen molar-refractivity contribution in [2.75, 3.05) is 29.6 Å². The molecule has 0 spiro atoms. The van der Waals surface area contributed by atoms with Gasteiger partial charge in [0.2, 0.25) is 5.95 Å². The molecule has 1 heterocycles. The molecule has 6 nitrogen and oxygen atoms in total. The zero-order valence-corrected chi connectivity index (χ0v) is 14.6. The number of halogens is 1. The minimum Gasteiger partial charge on any atom is -0.347 e. The topological polar surface area (TPSA) is 70.2 Å². The molecule has 0 saturated heterocycles. The third-order valence-corrected chi connectivity index (χ3v) is 3.58. The Labute approximate surface area is 140 Å². The minimum atomic E-state index is -0.386. The molecule has 122 valence electrons. The molecule has 0 fully saturated rings. The van der Waals surface area contributed by atoms with E-state index < -0.39 is 0 Å². The predicted molar refractivity (Wildman–Crippen MR) is 94.7 cm³/mol. The standard InChI is InChI=1S/C16H20ClN5O/c1-9-6-7-13(12(17)8-9)20-16(23)21-14-10(2)18-15(22(4)5)19-11(14)3/h6-8H,1-5H3,(H2,20,21,23). The summed E-state index contributed by atoms with van der Waals surface area (Å²) < 4.78 is 0. The van der Waals surface area contributed by atoms with Gasteiger partial charge in [-0.25, -0.2) is 14.8 Å². The molecule has 0 atom stereocenters. The maximum Gasteiger partial charge on any atom is 0.323 e. The number of aromatic nitrogens is 2. The van der Waals surface area contributed by atoms with Gasteiger partial charge in [-0.1, -0.05) is 17.7 Å². The maximum atomic E-state index is 12.2. The number of carbonyl (C=O) groups is 1. The fourth-order valence-corrected chi connectivity index (χ4v) is 2.35. The molecule has 0 saturated carbocycles. The van der Waals surface area contributed by atoms with Crippen LogP contribution in [-0.2, 0) is 0 Å². The van der Waals surface area contributed by atoms with Crippen molar-refractivity contribution in [1.29, 1.82) is 0 Å². The van der Waals surface area contributed by atoms with Gasteiger partial charge in [-0.05, 0) is 38.5 Å². The van der Waals surface area contributed by atoms with Crippen LogP contribution in [0.4, 0.5) is 22.1 Å². The zero-order chi connectivity index (χ0) is 17.1. The minimum absolute atomic E-state index is 0.386. The average molecular weight is 334 g/mol. The van der Waals surface area contributed by atoms with E-state index in [-0.39, 0.29) is 6.03 Å². The first-order valence-electron chi connectivity index (χ1n) is 7.14. The van der Waals surface area contributed by atoms with E-state index in [4.69, 9.17) is 11.6 Å². The molecule has 2 aromatic rings. The van der Waals surface area contributed by atoms with Crippen LogP contribution in [0.5, 0.6) is 0 Å². The summed E-state index contributed by atoms with van der Waals surface area (Å²) in [6, 6.07) is 5.06. The molecule has 1 aromatic heterocycles. The van der Waals surface area contributed by atoms with Gasteiger partial charge in [0.05, 0.1) is 27.8 Å². The van der Waals surface area contributed by atoms with Gasteiger partial charge in [-0.2, -0.15) is 0 Å². The molecule has 0 aliphatic heterocycles. The van der Waals surface area contributed by atoms with Gasteiger partial charge in [0, 0.05) is 14.1 Å². The van der Waals surface area contributed by atoms with Crippen LogP contribution in [0.3, 0.4) is 0 Å². The van der Waals surface area contributed by atoms with Crippen molar-refractivity contribution < 1.29 is 4.79 Å². The fraction of sp³-hybridized carbons (Fsp3) is 0.312. The molecule has 7 heteroatoms. The summed E-state index contributed by atoms with van der Waals surface area (Å²) in [6.07, 6.45) is 0. The monoisotopic (exact) mass is 333 g/mol. The van der Waals surface area contributed by atoms with Gasteiger partial charge >= 0.3 is 6.03 Å². The van der Waals surface area contributed by atoms with E-state index in [2.05, 4.69) is 20.6 Å². The Morgan fingerprint density at radius 2 is 1.70 bits per heavy atom. The summed E-state index contributed by atoms with van der Waals surface area (Å²) >= 11 is 6.12. The summed E-state index contributed by atoms with van der Waals surface area (Å²) in [5.74, 6) is 0.604. The number of nitrogens with zero attached hydrogens (tertiary/aromatic N) is 3. The maximum absolute atomic E-state index is 12.2. The Morgan fingerprint density at radius 1 is 1.09 bits per heavy atom. The predicted octanol–water partition coefficient (Wildman–Crippen LogP) is 3.77. The number of urea groups is 1. The molecule has 0 aliphatic rings. The van der Waals surface area contributed by atoms with Gasteiger partial charge in [0.15, 0.2) is 0 Å². The van der Waals surface area contributed by atoms with Crippen molar-refractivity contribution in [3.05, 3.63) is 40.2 Å². The largest absolute Gasteiger partial charge is 0.347 e. The Hall–Kier alpha value is -2.34. The average Bonchev–Trinajstić information content (AvgIpc) is 2.45. The third-order valence-electron chi connectivity index (χ3n) is 3.27. The van der Waals surface area contributed by atoms with Crippen molar-refractivity contribution in [2.24, 2.45) is 0 Å². The molecule has 0 aliphatic carbocycles. The Balaban J connectivity index is 2.17. The lowest BCUT2D eigenvalue weighted by Gasteiger charge is -2.16. The normalized spacial score (nSPS) is 10.3. The summed E-state index contributed by atoms with van der Waals surface area (Å²) in [4.78, 5) is 22.7.